The Morgan fingerprint density at radius 3 is 2.71 bits per heavy atom. The maximum absolute atomic E-state index is 13.3. The van der Waals surface area contributed by atoms with Crippen LogP contribution in [-0.4, -0.2) is 45.4 Å². The lowest BCUT2D eigenvalue weighted by molar-refractivity contribution is -0.127. The van der Waals surface area contributed by atoms with Crippen LogP contribution < -0.4 is 10.6 Å². The molecule has 0 bridgehead atoms. The molecule has 2 amide bonds. The molecule has 2 N–H and O–H groups in total. The zero-order valence-corrected chi connectivity index (χ0v) is 24.0. The topological polar surface area (TPSA) is 103 Å². The van der Waals surface area contributed by atoms with Crippen LogP contribution in [0.2, 0.25) is 0 Å². The van der Waals surface area contributed by atoms with E-state index in [2.05, 4.69) is 16.7 Å². The Labute approximate surface area is 242 Å². The van der Waals surface area contributed by atoms with Crippen molar-refractivity contribution >= 4 is 40.1 Å². The number of hydrogen-bond donors (Lipinski definition) is 2. The second kappa shape index (κ2) is 12.5. The predicted molar refractivity (Wildman–Crippen MR) is 155 cm³/mol. The molecule has 2 aromatic heterocycles. The first-order chi connectivity index (χ1) is 19.7. The van der Waals surface area contributed by atoms with Gasteiger partial charge in [0.2, 0.25) is 5.95 Å². The largest absolute Gasteiger partial charge is 0.333 e. The van der Waals surface area contributed by atoms with E-state index in [1.807, 2.05) is 36.6 Å². The summed E-state index contributed by atoms with van der Waals surface area (Å²) < 4.78 is 28.1. The fourth-order valence-corrected chi connectivity index (χ4v) is 5.97. The van der Waals surface area contributed by atoms with Gasteiger partial charge in [0.15, 0.2) is 0 Å². The van der Waals surface area contributed by atoms with Crippen LogP contribution in [0.5, 0.6) is 0 Å². The normalized spacial score (nSPS) is 17.5. The van der Waals surface area contributed by atoms with Gasteiger partial charge in [0.1, 0.15) is 11.6 Å². The zero-order valence-electron chi connectivity index (χ0n) is 23.2. The molecule has 1 aromatic carbocycles. The minimum Gasteiger partial charge on any atom is -0.333 e. The summed E-state index contributed by atoms with van der Waals surface area (Å²) in [6.07, 6.45) is 3.12. The van der Waals surface area contributed by atoms with Crippen LogP contribution in [0.3, 0.4) is 0 Å². The van der Waals surface area contributed by atoms with Crippen molar-refractivity contribution in [3.63, 3.8) is 0 Å². The van der Waals surface area contributed by atoms with E-state index in [9.17, 15) is 23.6 Å². The lowest BCUT2D eigenvalue weighted by atomic mass is 10.1. The number of rotatable bonds is 11. The van der Waals surface area contributed by atoms with Gasteiger partial charge in [-0.05, 0) is 73.9 Å². The number of nitrogens with one attached hydrogen (secondary N) is 2. The average Bonchev–Trinajstić information content (AvgIpc) is 3.31. The quantitative estimate of drug-likeness (QED) is 0.218. The molecule has 1 saturated carbocycles. The minimum atomic E-state index is -2.65. The first-order valence-corrected chi connectivity index (χ1v) is 14.9. The Morgan fingerprint density at radius 2 is 2.02 bits per heavy atom. The molecule has 11 heteroatoms. The van der Waals surface area contributed by atoms with E-state index in [-0.39, 0.29) is 39.1 Å². The number of carbonyl (C=O) groups excluding carboxylic acids is 2. The highest BCUT2D eigenvalue weighted by atomic mass is 32.1. The van der Waals surface area contributed by atoms with Crippen molar-refractivity contribution in [3.8, 4) is 6.07 Å². The molecule has 8 nitrogen and oxygen atoms in total. The van der Waals surface area contributed by atoms with Crippen molar-refractivity contribution in [2.45, 2.75) is 65.1 Å². The van der Waals surface area contributed by atoms with Crippen LogP contribution in [-0.2, 0) is 17.9 Å². The number of likely N-dealkylation sites (tertiary alicyclic amines) is 1. The van der Waals surface area contributed by atoms with E-state index in [0.717, 1.165) is 47.7 Å². The molecule has 2 aliphatic rings. The van der Waals surface area contributed by atoms with Gasteiger partial charge in [-0.15, -0.1) is 11.3 Å². The lowest BCUT2D eigenvalue weighted by Crippen LogP contribution is -2.39. The predicted octanol–water partition coefficient (Wildman–Crippen LogP) is 5.88. The van der Waals surface area contributed by atoms with Crippen molar-refractivity contribution < 1.29 is 18.4 Å². The first kappa shape index (κ1) is 28.9. The van der Waals surface area contributed by atoms with Gasteiger partial charge in [0.25, 0.3) is 18.2 Å². The Bertz CT molecular complexity index is 1500. The second-order valence-electron chi connectivity index (χ2n) is 11.1. The maximum atomic E-state index is 13.3. The molecule has 1 atom stereocenters. The van der Waals surface area contributed by atoms with E-state index in [4.69, 9.17) is 4.98 Å². The number of nitriles is 1. The molecular weight excluding hydrogens is 546 g/mol. The summed E-state index contributed by atoms with van der Waals surface area (Å²) in [6.45, 7) is 6.44. The maximum Gasteiger partial charge on any atom is 0.272 e. The van der Waals surface area contributed by atoms with Crippen LogP contribution in [0.15, 0.2) is 42.0 Å². The number of alkyl halides is 2. The molecule has 3 aromatic rings. The monoisotopic (exact) mass is 580 g/mol. The number of thiophene rings is 1. The number of aromatic nitrogens is 2. The number of imidazole rings is 1. The number of halogens is 2. The summed E-state index contributed by atoms with van der Waals surface area (Å²) in [5.74, 6) is 0.302. The van der Waals surface area contributed by atoms with Crippen molar-refractivity contribution in [1.29, 1.82) is 5.26 Å². The first-order valence-electron chi connectivity index (χ1n) is 14.1. The fourth-order valence-electron chi connectivity index (χ4n) is 5.21. The van der Waals surface area contributed by atoms with E-state index in [1.54, 1.807) is 11.0 Å². The number of anilines is 1. The fraction of sp³-hybridized carbons (Fsp3) is 0.467. The van der Waals surface area contributed by atoms with Crippen LogP contribution in [0.4, 0.5) is 14.7 Å². The number of fused-ring (bicyclic) bond motifs is 1. The molecule has 1 aliphatic carbocycles. The standard InChI is InChI=1S/C30H34F2N6O2S/c1-18(2)12-21(14-33)29(40)37-11-3-4-22(37)17-38-24-8-7-20(16-34-15-19-5-6-19)13-23(24)35-30(38)36-28(39)26-10-9-25(41-26)27(31)32/h7-10,12-13,18-19,22,27,34H,3-6,11,15-17H2,1-2H3,(H,35,36,39). The molecule has 5 rings (SSSR count). The third kappa shape index (κ3) is 6.82. The Kier molecular flexibility index (Phi) is 8.80. The van der Waals surface area contributed by atoms with Crippen LogP contribution in [0.1, 0.15) is 66.1 Å². The number of nitrogens with zero attached hydrogens (tertiary/aromatic N) is 4. The summed E-state index contributed by atoms with van der Waals surface area (Å²) in [5.41, 5.74) is 2.68. The number of carbonyl (C=O) groups is 2. The van der Waals surface area contributed by atoms with Crippen molar-refractivity contribution in [2.75, 3.05) is 18.4 Å². The SMILES string of the molecule is CC(C)C=C(C#N)C(=O)N1CCCC1Cn1c(NC(=O)c2ccc(C(F)F)s2)nc2cc(CNCC3CC3)ccc21. The molecular formula is C30H34F2N6O2S. The third-order valence-corrected chi connectivity index (χ3v) is 8.54. The summed E-state index contributed by atoms with van der Waals surface area (Å²) in [7, 11) is 0. The molecule has 216 valence electrons. The van der Waals surface area contributed by atoms with E-state index in [0.29, 0.717) is 25.2 Å². The van der Waals surface area contributed by atoms with Gasteiger partial charge < -0.3 is 14.8 Å². The molecule has 0 spiro atoms. The average molecular weight is 581 g/mol. The zero-order chi connectivity index (χ0) is 29.1. The van der Waals surface area contributed by atoms with Gasteiger partial charge in [0.05, 0.1) is 26.8 Å². The molecule has 1 aliphatic heterocycles. The highest BCUT2D eigenvalue weighted by Crippen LogP contribution is 2.30. The molecule has 3 heterocycles. The highest BCUT2D eigenvalue weighted by molar-refractivity contribution is 7.14. The van der Waals surface area contributed by atoms with E-state index in [1.165, 1.54) is 25.0 Å². The number of benzene rings is 1. The van der Waals surface area contributed by atoms with Crippen LogP contribution in [0, 0.1) is 23.2 Å². The van der Waals surface area contributed by atoms with Gasteiger partial charge in [-0.25, -0.2) is 13.8 Å². The summed E-state index contributed by atoms with van der Waals surface area (Å²) in [6, 6.07) is 10.5. The molecule has 0 radical (unpaired) electrons. The number of hydrogen-bond acceptors (Lipinski definition) is 6. The molecule has 1 unspecified atom stereocenters. The van der Waals surface area contributed by atoms with Gasteiger partial charge in [-0.2, -0.15) is 5.26 Å². The smallest absolute Gasteiger partial charge is 0.272 e. The van der Waals surface area contributed by atoms with E-state index >= 15 is 0 Å². The van der Waals surface area contributed by atoms with Gasteiger partial charge >= 0.3 is 0 Å². The highest BCUT2D eigenvalue weighted by Gasteiger charge is 2.32. The molecule has 1 saturated heterocycles. The number of allylic oxidation sites excluding steroid dienone is 1. The summed E-state index contributed by atoms with van der Waals surface area (Å²) >= 11 is 0.751. The molecule has 41 heavy (non-hydrogen) atoms. The van der Waals surface area contributed by atoms with Gasteiger partial charge in [-0.3, -0.25) is 14.9 Å². The Morgan fingerprint density at radius 1 is 1.22 bits per heavy atom. The van der Waals surface area contributed by atoms with Crippen LogP contribution >= 0.6 is 11.3 Å². The van der Waals surface area contributed by atoms with Crippen molar-refractivity contribution in [1.82, 2.24) is 19.8 Å². The Hall–Kier alpha value is -3.62. The Balaban J connectivity index is 1.43. The summed E-state index contributed by atoms with van der Waals surface area (Å²) in [5, 5.41) is 15.9. The summed E-state index contributed by atoms with van der Waals surface area (Å²) in [4.78, 5) is 32.8. The van der Waals surface area contributed by atoms with Crippen molar-refractivity contribution in [2.24, 2.45) is 11.8 Å². The lowest BCUT2D eigenvalue weighted by Gasteiger charge is -2.26. The number of amides is 2. The van der Waals surface area contributed by atoms with Crippen molar-refractivity contribution in [3.05, 3.63) is 57.3 Å². The minimum absolute atomic E-state index is 0.0601. The van der Waals surface area contributed by atoms with E-state index < -0.39 is 12.3 Å². The van der Waals surface area contributed by atoms with Crippen LogP contribution in [0.25, 0.3) is 11.0 Å². The second-order valence-corrected chi connectivity index (χ2v) is 12.2. The third-order valence-electron chi connectivity index (χ3n) is 7.44. The van der Waals surface area contributed by atoms with Gasteiger partial charge in [-0.1, -0.05) is 26.0 Å². The van der Waals surface area contributed by atoms with Gasteiger partial charge in [0, 0.05) is 19.6 Å². The molecule has 2 fully saturated rings.